The average Bonchev–Trinajstić information content (AvgIpc) is 3.29. The van der Waals surface area contributed by atoms with Crippen molar-refractivity contribution in [3.63, 3.8) is 0 Å². The molecule has 0 aliphatic rings. The number of aromatic nitrogens is 1. The highest BCUT2D eigenvalue weighted by Crippen LogP contribution is 2.39. The summed E-state index contributed by atoms with van der Waals surface area (Å²) in [5.74, 6) is -0.716. The van der Waals surface area contributed by atoms with E-state index in [2.05, 4.69) is 5.32 Å². The topological polar surface area (TPSA) is 37.3 Å². The number of benzene rings is 3. The second kappa shape index (κ2) is 11.6. The molecule has 37 heavy (non-hydrogen) atoms. The van der Waals surface area contributed by atoms with Crippen LogP contribution in [0, 0.1) is 5.82 Å². The molecule has 0 unspecified atom stereocenters. The smallest absolute Gasteiger partial charge is 0.351 e. The van der Waals surface area contributed by atoms with Crippen molar-refractivity contribution in [2.45, 2.75) is 6.18 Å². The van der Waals surface area contributed by atoms with Crippen molar-refractivity contribution in [3.05, 3.63) is 102 Å². The SMILES string of the molecule is CN(C)CCNC(=O)c1cccc(-c2ccc(-c3ccc(F)cc3)n2-c2ccccc2C(F)(F)F)c1.Cl. The van der Waals surface area contributed by atoms with Gasteiger partial charge >= 0.3 is 6.18 Å². The lowest BCUT2D eigenvalue weighted by Crippen LogP contribution is -2.31. The summed E-state index contributed by atoms with van der Waals surface area (Å²) in [6.45, 7) is 1.13. The number of halogens is 5. The highest BCUT2D eigenvalue weighted by molar-refractivity contribution is 5.95. The second-order valence-electron chi connectivity index (χ2n) is 8.60. The Morgan fingerprint density at radius 2 is 1.51 bits per heavy atom. The number of para-hydroxylation sites is 1. The number of amides is 1. The van der Waals surface area contributed by atoms with Crippen molar-refractivity contribution in [2.24, 2.45) is 0 Å². The molecule has 194 valence electrons. The zero-order valence-corrected chi connectivity index (χ0v) is 21.0. The van der Waals surface area contributed by atoms with Gasteiger partial charge in [0.1, 0.15) is 5.82 Å². The van der Waals surface area contributed by atoms with Crippen molar-refractivity contribution in [2.75, 3.05) is 27.2 Å². The van der Waals surface area contributed by atoms with Crippen molar-refractivity contribution in [1.82, 2.24) is 14.8 Å². The van der Waals surface area contributed by atoms with E-state index in [1.165, 1.54) is 47.0 Å². The molecule has 4 nitrogen and oxygen atoms in total. The zero-order valence-electron chi connectivity index (χ0n) is 20.2. The molecule has 0 saturated carbocycles. The second-order valence-corrected chi connectivity index (χ2v) is 8.60. The minimum Gasteiger partial charge on any atom is -0.351 e. The summed E-state index contributed by atoms with van der Waals surface area (Å²) in [6, 6.07) is 21.0. The van der Waals surface area contributed by atoms with E-state index in [9.17, 15) is 22.4 Å². The molecule has 1 heterocycles. The monoisotopic (exact) mass is 531 g/mol. The standard InChI is InChI=1S/C28H25F4N3O.ClH/c1-34(2)17-16-33-27(36)21-7-5-6-20(18-21)25-15-14-24(19-10-12-22(29)13-11-19)35(25)26-9-4-3-8-23(26)28(30,31)32;/h3-15,18H,16-17H2,1-2H3,(H,33,36);1H. The molecule has 1 amide bonds. The summed E-state index contributed by atoms with van der Waals surface area (Å²) in [7, 11) is 3.80. The number of carbonyl (C=O) groups excluding carboxylic acids is 1. The molecule has 0 spiro atoms. The summed E-state index contributed by atoms with van der Waals surface area (Å²) in [5, 5.41) is 2.85. The van der Waals surface area contributed by atoms with Crippen LogP contribution in [0.15, 0.2) is 84.9 Å². The molecule has 9 heteroatoms. The Balaban J connectivity index is 0.00000380. The minimum absolute atomic E-state index is 0. The van der Waals surface area contributed by atoms with Gasteiger partial charge in [-0.2, -0.15) is 13.2 Å². The molecule has 4 aromatic rings. The van der Waals surface area contributed by atoms with Crippen molar-refractivity contribution in [1.29, 1.82) is 0 Å². The maximum Gasteiger partial charge on any atom is 0.418 e. The van der Waals surface area contributed by atoms with Gasteiger partial charge in [0.15, 0.2) is 0 Å². The van der Waals surface area contributed by atoms with Crippen LogP contribution in [0.3, 0.4) is 0 Å². The Morgan fingerprint density at radius 3 is 2.16 bits per heavy atom. The van der Waals surface area contributed by atoms with E-state index in [4.69, 9.17) is 0 Å². The van der Waals surface area contributed by atoms with Crippen molar-refractivity contribution < 1.29 is 22.4 Å². The van der Waals surface area contributed by atoms with E-state index in [1.54, 1.807) is 36.4 Å². The Hall–Kier alpha value is -3.62. The predicted molar refractivity (Wildman–Crippen MR) is 140 cm³/mol. The third-order valence-corrected chi connectivity index (χ3v) is 5.74. The number of alkyl halides is 3. The first-order valence-electron chi connectivity index (χ1n) is 11.3. The molecule has 0 aliphatic carbocycles. The largest absolute Gasteiger partial charge is 0.418 e. The van der Waals surface area contributed by atoms with Gasteiger partial charge in [0.2, 0.25) is 0 Å². The van der Waals surface area contributed by atoms with Crippen LogP contribution >= 0.6 is 12.4 Å². The highest BCUT2D eigenvalue weighted by Gasteiger charge is 2.34. The fourth-order valence-electron chi connectivity index (χ4n) is 3.99. The molecule has 0 aliphatic heterocycles. The average molecular weight is 532 g/mol. The Morgan fingerprint density at radius 1 is 0.865 bits per heavy atom. The fourth-order valence-corrected chi connectivity index (χ4v) is 3.99. The molecule has 0 atom stereocenters. The molecular formula is C28H26ClF4N3O. The van der Waals surface area contributed by atoms with Gasteiger partial charge in [-0.3, -0.25) is 4.79 Å². The van der Waals surface area contributed by atoms with E-state index >= 15 is 0 Å². The van der Waals surface area contributed by atoms with Gasteiger partial charge in [0, 0.05) is 18.7 Å². The van der Waals surface area contributed by atoms with Crippen LogP contribution in [0.4, 0.5) is 17.6 Å². The zero-order chi connectivity index (χ0) is 25.9. The van der Waals surface area contributed by atoms with E-state index in [0.717, 1.165) is 6.07 Å². The molecule has 1 N–H and O–H groups in total. The van der Waals surface area contributed by atoms with Gasteiger partial charge in [-0.05, 0) is 85.9 Å². The van der Waals surface area contributed by atoms with Gasteiger partial charge in [-0.15, -0.1) is 12.4 Å². The third kappa shape index (κ3) is 6.39. The lowest BCUT2D eigenvalue weighted by Gasteiger charge is -2.19. The van der Waals surface area contributed by atoms with Gasteiger partial charge in [0.25, 0.3) is 5.91 Å². The first-order valence-corrected chi connectivity index (χ1v) is 11.3. The summed E-state index contributed by atoms with van der Waals surface area (Å²) in [5.41, 5.74) is 1.58. The van der Waals surface area contributed by atoms with Crippen LogP contribution < -0.4 is 5.32 Å². The van der Waals surface area contributed by atoms with Crippen LogP contribution in [0.5, 0.6) is 0 Å². The Bertz CT molecular complexity index is 1360. The summed E-state index contributed by atoms with van der Waals surface area (Å²) >= 11 is 0. The molecular weight excluding hydrogens is 506 g/mol. The lowest BCUT2D eigenvalue weighted by molar-refractivity contribution is -0.137. The van der Waals surface area contributed by atoms with E-state index in [-0.39, 0.29) is 24.0 Å². The molecule has 3 aromatic carbocycles. The Kier molecular flexibility index (Phi) is 8.78. The van der Waals surface area contributed by atoms with Crippen LogP contribution in [0.25, 0.3) is 28.2 Å². The van der Waals surface area contributed by atoms with Gasteiger partial charge in [-0.25, -0.2) is 4.39 Å². The normalized spacial score (nSPS) is 11.3. The number of rotatable bonds is 7. The molecule has 0 radical (unpaired) electrons. The van der Waals surface area contributed by atoms with E-state index in [1.807, 2.05) is 19.0 Å². The van der Waals surface area contributed by atoms with Crippen molar-refractivity contribution >= 4 is 18.3 Å². The van der Waals surface area contributed by atoms with Gasteiger partial charge in [-0.1, -0.05) is 24.3 Å². The number of likely N-dealkylation sites (N-methyl/N-ethyl adjacent to an activating group) is 1. The highest BCUT2D eigenvalue weighted by atomic mass is 35.5. The molecule has 4 rings (SSSR count). The molecule has 0 bridgehead atoms. The Labute approximate surface area is 218 Å². The van der Waals surface area contributed by atoms with Crippen LogP contribution in [-0.4, -0.2) is 42.6 Å². The number of hydrogen-bond acceptors (Lipinski definition) is 2. The first kappa shape index (κ1) is 28.0. The summed E-state index contributed by atoms with van der Waals surface area (Å²) in [6.07, 6.45) is -4.59. The first-order chi connectivity index (χ1) is 17.1. The maximum atomic E-state index is 14.0. The number of carbonyl (C=O) groups is 1. The maximum absolute atomic E-state index is 14.0. The summed E-state index contributed by atoms with van der Waals surface area (Å²) < 4.78 is 57.0. The molecule has 0 fully saturated rings. The number of hydrogen-bond donors (Lipinski definition) is 1. The van der Waals surface area contributed by atoms with Crippen LogP contribution in [-0.2, 0) is 6.18 Å². The van der Waals surface area contributed by atoms with Crippen LogP contribution in [0.1, 0.15) is 15.9 Å². The lowest BCUT2D eigenvalue weighted by atomic mass is 10.1. The van der Waals surface area contributed by atoms with Crippen molar-refractivity contribution in [3.8, 4) is 28.2 Å². The third-order valence-electron chi connectivity index (χ3n) is 5.74. The number of nitrogens with zero attached hydrogens (tertiary/aromatic N) is 2. The number of nitrogens with one attached hydrogen (secondary N) is 1. The molecule has 0 saturated heterocycles. The molecule has 1 aromatic heterocycles. The minimum atomic E-state index is -4.59. The summed E-state index contributed by atoms with van der Waals surface area (Å²) in [4.78, 5) is 14.6. The van der Waals surface area contributed by atoms with Gasteiger partial charge in [0.05, 0.1) is 22.6 Å². The predicted octanol–water partition coefficient (Wildman–Crippen LogP) is 6.68. The van der Waals surface area contributed by atoms with Gasteiger partial charge < -0.3 is 14.8 Å². The quantitative estimate of drug-likeness (QED) is 0.270. The van der Waals surface area contributed by atoms with Crippen LogP contribution in [0.2, 0.25) is 0 Å². The fraction of sp³-hybridized carbons (Fsp3) is 0.179. The van der Waals surface area contributed by atoms with E-state index < -0.39 is 17.6 Å². The van der Waals surface area contributed by atoms with E-state index in [0.29, 0.717) is 41.2 Å².